The van der Waals surface area contributed by atoms with Crippen molar-refractivity contribution in [2.45, 2.75) is 6.61 Å². The highest BCUT2D eigenvalue weighted by Gasteiger charge is 2.13. The van der Waals surface area contributed by atoms with Crippen molar-refractivity contribution in [3.8, 4) is 16.3 Å². The summed E-state index contributed by atoms with van der Waals surface area (Å²) in [4.78, 5) is 20.4. The van der Waals surface area contributed by atoms with Crippen LogP contribution in [0.1, 0.15) is 16.1 Å². The van der Waals surface area contributed by atoms with Crippen molar-refractivity contribution >= 4 is 28.9 Å². The average molecular weight is 361 g/mol. The first-order chi connectivity index (χ1) is 11.7. The van der Waals surface area contributed by atoms with E-state index in [-0.39, 0.29) is 12.3 Å². The third-order valence-electron chi connectivity index (χ3n) is 3.21. The zero-order valence-electron chi connectivity index (χ0n) is 12.7. The van der Waals surface area contributed by atoms with Gasteiger partial charge in [0.15, 0.2) is 5.69 Å². The normalized spacial score (nSPS) is 10.4. The molecule has 0 aliphatic heterocycles. The number of esters is 1. The van der Waals surface area contributed by atoms with Crippen LogP contribution in [0.2, 0.25) is 5.15 Å². The van der Waals surface area contributed by atoms with Crippen molar-refractivity contribution < 1.29 is 14.3 Å². The molecule has 122 valence electrons. The van der Waals surface area contributed by atoms with Gasteiger partial charge in [0.25, 0.3) is 0 Å². The average Bonchev–Trinajstić information content (AvgIpc) is 3.11. The molecule has 0 radical (unpaired) electrons. The first-order valence-corrected chi connectivity index (χ1v) is 8.29. The predicted octanol–water partition coefficient (Wildman–Crippen LogP) is 4.22. The minimum Gasteiger partial charge on any atom is -0.497 e. The number of carbonyl (C=O) groups is 1. The summed E-state index contributed by atoms with van der Waals surface area (Å²) in [5.41, 5.74) is 1.97. The minimum absolute atomic E-state index is 0.123. The van der Waals surface area contributed by atoms with Gasteiger partial charge in [-0.15, -0.1) is 11.3 Å². The number of thiazole rings is 1. The molecule has 3 rings (SSSR count). The molecule has 0 aliphatic carbocycles. The molecule has 0 spiro atoms. The van der Waals surface area contributed by atoms with E-state index >= 15 is 0 Å². The van der Waals surface area contributed by atoms with Gasteiger partial charge in [-0.2, -0.15) is 0 Å². The van der Waals surface area contributed by atoms with Gasteiger partial charge in [0.05, 0.1) is 7.11 Å². The Kier molecular flexibility index (Phi) is 5.08. The molecule has 0 atom stereocenters. The van der Waals surface area contributed by atoms with Gasteiger partial charge in [-0.05, 0) is 30.3 Å². The SMILES string of the molecule is COc1ccc(-c2nc(C(=O)OCc3ccc(Cl)nc3)cs2)cc1. The van der Waals surface area contributed by atoms with Gasteiger partial charge in [0.1, 0.15) is 22.5 Å². The van der Waals surface area contributed by atoms with Crippen LogP contribution in [0.4, 0.5) is 0 Å². The van der Waals surface area contributed by atoms with Crippen molar-refractivity contribution in [2.75, 3.05) is 7.11 Å². The Hall–Kier alpha value is -2.44. The van der Waals surface area contributed by atoms with Crippen LogP contribution in [0.15, 0.2) is 48.0 Å². The fraction of sp³-hybridized carbons (Fsp3) is 0.118. The Labute approximate surface area is 147 Å². The van der Waals surface area contributed by atoms with E-state index < -0.39 is 5.97 Å². The van der Waals surface area contributed by atoms with E-state index in [1.54, 1.807) is 30.8 Å². The van der Waals surface area contributed by atoms with E-state index in [2.05, 4.69) is 9.97 Å². The van der Waals surface area contributed by atoms with Gasteiger partial charge in [-0.25, -0.2) is 14.8 Å². The topological polar surface area (TPSA) is 61.3 Å². The number of methoxy groups -OCH3 is 1. The smallest absolute Gasteiger partial charge is 0.358 e. The van der Waals surface area contributed by atoms with Gasteiger partial charge in [0, 0.05) is 22.7 Å². The molecule has 0 aliphatic rings. The van der Waals surface area contributed by atoms with E-state index in [1.807, 2.05) is 24.3 Å². The highest BCUT2D eigenvalue weighted by atomic mass is 35.5. The number of rotatable bonds is 5. The second-order valence-electron chi connectivity index (χ2n) is 4.83. The standard InChI is InChI=1S/C17H13ClN2O3S/c1-22-13-5-3-12(4-6-13)16-20-14(10-24-16)17(21)23-9-11-2-7-15(18)19-8-11/h2-8,10H,9H2,1H3. The molecule has 0 unspecified atom stereocenters. The van der Waals surface area contributed by atoms with Crippen LogP contribution in [0.3, 0.4) is 0 Å². The molecule has 24 heavy (non-hydrogen) atoms. The minimum atomic E-state index is -0.471. The molecule has 0 amide bonds. The molecule has 7 heteroatoms. The van der Waals surface area contributed by atoms with Gasteiger partial charge in [0.2, 0.25) is 0 Å². The van der Waals surface area contributed by atoms with E-state index in [1.165, 1.54) is 11.3 Å². The van der Waals surface area contributed by atoms with Gasteiger partial charge < -0.3 is 9.47 Å². The van der Waals surface area contributed by atoms with Crippen LogP contribution in [0.5, 0.6) is 5.75 Å². The van der Waals surface area contributed by atoms with E-state index in [0.717, 1.165) is 21.9 Å². The second kappa shape index (κ2) is 7.42. The summed E-state index contributed by atoms with van der Waals surface area (Å²) in [7, 11) is 1.61. The van der Waals surface area contributed by atoms with E-state index in [4.69, 9.17) is 21.1 Å². The summed E-state index contributed by atoms with van der Waals surface area (Å²) in [6.45, 7) is 0.123. The fourth-order valence-electron chi connectivity index (χ4n) is 1.95. The van der Waals surface area contributed by atoms with Crippen molar-refractivity contribution in [1.82, 2.24) is 9.97 Å². The molecule has 2 heterocycles. The highest BCUT2D eigenvalue weighted by Crippen LogP contribution is 2.26. The molecular weight excluding hydrogens is 348 g/mol. The monoisotopic (exact) mass is 360 g/mol. The third kappa shape index (κ3) is 3.90. The number of hydrogen-bond donors (Lipinski definition) is 0. The van der Waals surface area contributed by atoms with Crippen LogP contribution in [0.25, 0.3) is 10.6 Å². The number of ether oxygens (including phenoxy) is 2. The molecule has 0 bridgehead atoms. The molecule has 0 saturated heterocycles. The molecule has 1 aromatic carbocycles. The van der Waals surface area contributed by atoms with Gasteiger partial charge in [-0.3, -0.25) is 0 Å². The number of benzene rings is 1. The lowest BCUT2D eigenvalue weighted by Gasteiger charge is -2.03. The lowest BCUT2D eigenvalue weighted by Crippen LogP contribution is -2.05. The molecule has 0 saturated carbocycles. The lowest BCUT2D eigenvalue weighted by molar-refractivity contribution is 0.0466. The third-order valence-corrected chi connectivity index (χ3v) is 4.32. The summed E-state index contributed by atoms with van der Waals surface area (Å²) in [5, 5.41) is 2.83. The first-order valence-electron chi connectivity index (χ1n) is 7.03. The Bertz CT molecular complexity index is 832. The molecule has 3 aromatic rings. The zero-order chi connectivity index (χ0) is 16.9. The number of carbonyl (C=O) groups excluding carboxylic acids is 1. The van der Waals surface area contributed by atoms with Crippen LogP contribution in [-0.4, -0.2) is 23.0 Å². The zero-order valence-corrected chi connectivity index (χ0v) is 14.3. The van der Waals surface area contributed by atoms with Crippen molar-refractivity contribution in [3.05, 3.63) is 64.4 Å². The molecule has 0 N–H and O–H groups in total. The quantitative estimate of drug-likeness (QED) is 0.503. The highest BCUT2D eigenvalue weighted by molar-refractivity contribution is 7.13. The van der Waals surface area contributed by atoms with Crippen LogP contribution < -0.4 is 4.74 Å². The number of hydrogen-bond acceptors (Lipinski definition) is 6. The number of aromatic nitrogens is 2. The van der Waals surface area contributed by atoms with Crippen molar-refractivity contribution in [1.29, 1.82) is 0 Å². The Morgan fingerprint density at radius 2 is 2.00 bits per heavy atom. The summed E-state index contributed by atoms with van der Waals surface area (Å²) < 4.78 is 10.4. The largest absolute Gasteiger partial charge is 0.497 e. The lowest BCUT2D eigenvalue weighted by atomic mass is 10.2. The second-order valence-corrected chi connectivity index (χ2v) is 6.08. The summed E-state index contributed by atoms with van der Waals surface area (Å²) in [5.74, 6) is 0.299. The predicted molar refractivity (Wildman–Crippen MR) is 92.5 cm³/mol. The van der Waals surface area contributed by atoms with Gasteiger partial charge >= 0.3 is 5.97 Å². The number of pyridine rings is 1. The fourth-order valence-corrected chi connectivity index (χ4v) is 2.86. The van der Waals surface area contributed by atoms with E-state index in [9.17, 15) is 4.79 Å². The summed E-state index contributed by atoms with van der Waals surface area (Å²) in [6, 6.07) is 10.9. The van der Waals surface area contributed by atoms with Gasteiger partial charge in [-0.1, -0.05) is 17.7 Å². The van der Waals surface area contributed by atoms with Crippen LogP contribution in [0, 0.1) is 0 Å². The van der Waals surface area contributed by atoms with E-state index in [0.29, 0.717) is 5.15 Å². The van der Waals surface area contributed by atoms with Crippen LogP contribution in [-0.2, 0) is 11.3 Å². The molecule has 5 nitrogen and oxygen atoms in total. The molecular formula is C17H13ClN2O3S. The Morgan fingerprint density at radius 1 is 1.21 bits per heavy atom. The number of halogens is 1. The summed E-state index contributed by atoms with van der Waals surface area (Å²) >= 11 is 7.10. The maximum atomic E-state index is 12.1. The summed E-state index contributed by atoms with van der Waals surface area (Å²) in [6.07, 6.45) is 1.57. The Morgan fingerprint density at radius 3 is 2.67 bits per heavy atom. The number of nitrogens with zero attached hydrogens (tertiary/aromatic N) is 2. The molecule has 0 fully saturated rings. The first kappa shape index (κ1) is 16.4. The maximum absolute atomic E-state index is 12.1. The van der Waals surface area contributed by atoms with Crippen LogP contribution >= 0.6 is 22.9 Å². The Balaban J connectivity index is 1.65. The van der Waals surface area contributed by atoms with Crippen molar-refractivity contribution in [3.63, 3.8) is 0 Å². The van der Waals surface area contributed by atoms with Crippen molar-refractivity contribution in [2.24, 2.45) is 0 Å². The maximum Gasteiger partial charge on any atom is 0.358 e. The molecule has 2 aromatic heterocycles.